The molecular weight excluding hydrogens is 280 g/mol. The molecule has 0 amide bonds. The number of hydrogen-bond acceptors (Lipinski definition) is 1. The maximum absolute atomic E-state index is 6.16. The topological polar surface area (TPSA) is 13.1 Å². The Balaban J connectivity index is 1.81. The first-order valence-corrected chi connectivity index (χ1v) is 8.07. The highest BCUT2D eigenvalue weighted by Crippen LogP contribution is 2.42. The highest BCUT2D eigenvalue weighted by atomic mass is 16.3. The van der Waals surface area contributed by atoms with Gasteiger partial charge in [0.1, 0.15) is 11.3 Å². The van der Waals surface area contributed by atoms with Crippen molar-refractivity contribution in [2.24, 2.45) is 0 Å². The Bertz CT molecular complexity index is 1040. The van der Waals surface area contributed by atoms with Crippen LogP contribution in [0, 0.1) is 0 Å². The van der Waals surface area contributed by atoms with Crippen LogP contribution in [0.4, 0.5) is 0 Å². The molecule has 0 aliphatic heterocycles. The normalized spacial score (nSPS) is 16.8. The summed E-state index contributed by atoms with van der Waals surface area (Å²) in [6.45, 7) is 0. The molecule has 1 aromatic heterocycles. The standard InChI is InChI=1S/C22H16O/c1-2-7-15(8-3-1)18-11-6-12-20-22(18)19-13-16-9-4-5-10-17(16)14-21(19)23-20/h1-10,12-14,18H,11H2. The Morgan fingerprint density at radius 3 is 2.39 bits per heavy atom. The smallest absolute Gasteiger partial charge is 0.135 e. The van der Waals surface area contributed by atoms with Gasteiger partial charge in [0.2, 0.25) is 0 Å². The van der Waals surface area contributed by atoms with E-state index in [2.05, 4.69) is 78.9 Å². The third-order valence-corrected chi connectivity index (χ3v) is 4.81. The van der Waals surface area contributed by atoms with Crippen molar-refractivity contribution in [3.8, 4) is 0 Å². The number of allylic oxidation sites excluding steroid dienone is 1. The van der Waals surface area contributed by atoms with E-state index in [1.807, 2.05) is 0 Å². The molecule has 4 aromatic rings. The fraction of sp³-hybridized carbons (Fsp3) is 0.0909. The van der Waals surface area contributed by atoms with E-state index in [0.717, 1.165) is 17.8 Å². The summed E-state index contributed by atoms with van der Waals surface area (Å²) < 4.78 is 6.16. The lowest BCUT2D eigenvalue weighted by Crippen LogP contribution is -2.03. The van der Waals surface area contributed by atoms with E-state index in [-0.39, 0.29) is 0 Å². The van der Waals surface area contributed by atoms with Crippen LogP contribution in [-0.2, 0) is 0 Å². The zero-order chi connectivity index (χ0) is 15.2. The Morgan fingerprint density at radius 1 is 0.826 bits per heavy atom. The lowest BCUT2D eigenvalue weighted by atomic mass is 9.83. The Labute approximate surface area is 134 Å². The molecule has 0 radical (unpaired) electrons. The maximum atomic E-state index is 6.16. The van der Waals surface area contributed by atoms with Crippen LogP contribution in [-0.4, -0.2) is 0 Å². The summed E-state index contributed by atoms with van der Waals surface area (Å²) in [5.74, 6) is 1.38. The van der Waals surface area contributed by atoms with E-state index in [4.69, 9.17) is 4.42 Å². The second kappa shape index (κ2) is 4.85. The number of hydrogen-bond donors (Lipinski definition) is 0. The van der Waals surface area contributed by atoms with Crippen molar-refractivity contribution < 1.29 is 4.42 Å². The van der Waals surface area contributed by atoms with Crippen molar-refractivity contribution in [3.63, 3.8) is 0 Å². The van der Waals surface area contributed by atoms with Gasteiger partial charge in [-0.15, -0.1) is 0 Å². The molecule has 110 valence electrons. The van der Waals surface area contributed by atoms with Crippen LogP contribution in [0.25, 0.3) is 27.8 Å². The lowest BCUT2D eigenvalue weighted by molar-refractivity contribution is 0.590. The SMILES string of the molecule is C1=Cc2oc3cc4ccccc4cc3c2C(c2ccccc2)C1. The molecule has 1 aliphatic carbocycles. The molecular formula is C22H16O. The van der Waals surface area contributed by atoms with Gasteiger partial charge in [-0.05, 0) is 41.0 Å². The van der Waals surface area contributed by atoms with Crippen LogP contribution in [0.3, 0.4) is 0 Å². The molecule has 0 bridgehead atoms. The Morgan fingerprint density at radius 2 is 1.57 bits per heavy atom. The molecule has 0 fully saturated rings. The molecule has 1 nitrogen and oxygen atoms in total. The minimum absolute atomic E-state index is 0.374. The first-order chi connectivity index (χ1) is 11.4. The van der Waals surface area contributed by atoms with Crippen molar-refractivity contribution in [1.29, 1.82) is 0 Å². The predicted molar refractivity (Wildman–Crippen MR) is 95.7 cm³/mol. The number of furan rings is 1. The molecule has 0 spiro atoms. The second-order valence-corrected chi connectivity index (χ2v) is 6.18. The summed E-state index contributed by atoms with van der Waals surface area (Å²) in [5, 5.41) is 3.74. The second-order valence-electron chi connectivity index (χ2n) is 6.18. The van der Waals surface area contributed by atoms with Crippen molar-refractivity contribution >= 4 is 27.8 Å². The summed E-state index contributed by atoms with van der Waals surface area (Å²) in [6, 6.07) is 23.7. The van der Waals surface area contributed by atoms with E-state index < -0.39 is 0 Å². The summed E-state index contributed by atoms with van der Waals surface area (Å²) in [4.78, 5) is 0. The summed E-state index contributed by atoms with van der Waals surface area (Å²) in [5.41, 5.74) is 3.68. The van der Waals surface area contributed by atoms with Gasteiger partial charge in [0.15, 0.2) is 0 Å². The van der Waals surface area contributed by atoms with Crippen LogP contribution >= 0.6 is 0 Å². The highest BCUT2D eigenvalue weighted by Gasteiger charge is 2.25. The van der Waals surface area contributed by atoms with Crippen molar-refractivity contribution in [3.05, 3.63) is 89.7 Å². The predicted octanol–water partition coefficient (Wildman–Crippen LogP) is 6.13. The third kappa shape index (κ3) is 1.93. The highest BCUT2D eigenvalue weighted by molar-refractivity contribution is 5.99. The number of rotatable bonds is 1. The number of benzene rings is 3. The van der Waals surface area contributed by atoms with E-state index in [9.17, 15) is 0 Å². The zero-order valence-corrected chi connectivity index (χ0v) is 12.7. The van der Waals surface area contributed by atoms with E-state index in [0.29, 0.717) is 5.92 Å². The summed E-state index contributed by atoms with van der Waals surface area (Å²) >= 11 is 0. The van der Waals surface area contributed by atoms with Gasteiger partial charge in [0.05, 0.1) is 0 Å². The molecule has 0 N–H and O–H groups in total. The van der Waals surface area contributed by atoms with Gasteiger partial charge < -0.3 is 4.42 Å². The van der Waals surface area contributed by atoms with Crippen molar-refractivity contribution in [2.75, 3.05) is 0 Å². The van der Waals surface area contributed by atoms with Crippen LogP contribution in [0.5, 0.6) is 0 Å². The molecule has 3 aromatic carbocycles. The van der Waals surface area contributed by atoms with Gasteiger partial charge in [-0.3, -0.25) is 0 Å². The van der Waals surface area contributed by atoms with Gasteiger partial charge in [-0.2, -0.15) is 0 Å². The summed E-state index contributed by atoms with van der Waals surface area (Å²) in [7, 11) is 0. The quantitative estimate of drug-likeness (QED) is 0.411. The molecule has 1 heteroatoms. The monoisotopic (exact) mass is 296 g/mol. The van der Waals surface area contributed by atoms with Gasteiger partial charge >= 0.3 is 0 Å². The van der Waals surface area contributed by atoms with Crippen molar-refractivity contribution in [2.45, 2.75) is 12.3 Å². The molecule has 0 saturated carbocycles. The minimum atomic E-state index is 0.374. The molecule has 5 rings (SSSR count). The Hall–Kier alpha value is -2.80. The minimum Gasteiger partial charge on any atom is -0.456 e. The van der Waals surface area contributed by atoms with Gasteiger partial charge in [0.25, 0.3) is 0 Å². The van der Waals surface area contributed by atoms with Crippen LogP contribution in [0.15, 0.2) is 77.2 Å². The zero-order valence-electron chi connectivity index (χ0n) is 12.7. The molecule has 1 aliphatic rings. The van der Waals surface area contributed by atoms with E-state index in [1.165, 1.54) is 27.3 Å². The van der Waals surface area contributed by atoms with Crippen LogP contribution in [0.1, 0.15) is 29.2 Å². The lowest BCUT2D eigenvalue weighted by Gasteiger charge is -2.19. The van der Waals surface area contributed by atoms with Crippen molar-refractivity contribution in [1.82, 2.24) is 0 Å². The maximum Gasteiger partial charge on any atom is 0.135 e. The van der Waals surface area contributed by atoms with E-state index in [1.54, 1.807) is 0 Å². The first-order valence-electron chi connectivity index (χ1n) is 8.07. The molecule has 23 heavy (non-hydrogen) atoms. The summed E-state index contributed by atoms with van der Waals surface area (Å²) in [6.07, 6.45) is 5.38. The van der Waals surface area contributed by atoms with E-state index >= 15 is 0 Å². The van der Waals surface area contributed by atoms with Gasteiger partial charge in [0, 0.05) is 16.9 Å². The fourth-order valence-electron chi connectivity index (χ4n) is 3.72. The van der Waals surface area contributed by atoms with Gasteiger partial charge in [-0.25, -0.2) is 0 Å². The average Bonchev–Trinajstić information content (AvgIpc) is 2.98. The number of fused-ring (bicyclic) bond motifs is 4. The third-order valence-electron chi connectivity index (χ3n) is 4.81. The Kier molecular flexibility index (Phi) is 2.68. The molecule has 1 unspecified atom stereocenters. The van der Waals surface area contributed by atoms with Gasteiger partial charge in [-0.1, -0.05) is 60.7 Å². The first kappa shape index (κ1) is 12.7. The molecule has 1 heterocycles. The molecule has 1 atom stereocenters. The molecule has 0 saturated heterocycles. The average molecular weight is 296 g/mol. The van der Waals surface area contributed by atoms with Crippen LogP contribution in [0.2, 0.25) is 0 Å². The largest absolute Gasteiger partial charge is 0.456 e. The van der Waals surface area contributed by atoms with Crippen LogP contribution < -0.4 is 0 Å². The fourth-order valence-corrected chi connectivity index (χ4v) is 3.72.